The number of rotatable bonds is 5. The molecule has 0 fully saturated rings. The molecule has 0 saturated heterocycles. The number of aliphatic imine (C=N–C) groups is 1. The standard InChI is InChI=1S/C12H12N2O4/c1-17-10-4-3-9(5-11(10)18-2)14-7-8(6-13)12(15)16/h3-5,7-8H,1-2H3,(H,15,16). The van der Waals surface area contributed by atoms with Crippen LogP contribution in [-0.4, -0.2) is 31.5 Å². The second-order valence-electron chi connectivity index (χ2n) is 3.26. The first kappa shape index (κ1) is 13.5. The molecule has 1 aromatic carbocycles. The van der Waals surface area contributed by atoms with Gasteiger partial charge in [-0.05, 0) is 12.1 Å². The first-order valence-corrected chi connectivity index (χ1v) is 5.01. The van der Waals surface area contributed by atoms with Gasteiger partial charge in [0.1, 0.15) is 0 Å². The Bertz CT molecular complexity index is 505. The first-order chi connectivity index (χ1) is 8.62. The highest BCUT2D eigenvalue weighted by Gasteiger charge is 2.13. The number of hydrogen-bond donors (Lipinski definition) is 1. The lowest BCUT2D eigenvalue weighted by atomic mass is 10.2. The summed E-state index contributed by atoms with van der Waals surface area (Å²) in [6.07, 6.45) is 1.07. The van der Waals surface area contributed by atoms with E-state index in [1.165, 1.54) is 14.2 Å². The Kier molecular flexibility index (Phi) is 4.69. The van der Waals surface area contributed by atoms with Crippen LogP contribution in [0.25, 0.3) is 0 Å². The Labute approximate surface area is 104 Å². The van der Waals surface area contributed by atoms with E-state index >= 15 is 0 Å². The van der Waals surface area contributed by atoms with Crippen molar-refractivity contribution in [1.82, 2.24) is 0 Å². The monoisotopic (exact) mass is 248 g/mol. The lowest BCUT2D eigenvalue weighted by molar-refractivity contribution is -0.137. The van der Waals surface area contributed by atoms with Gasteiger partial charge in [0, 0.05) is 12.3 Å². The molecule has 1 aromatic rings. The molecule has 0 heterocycles. The van der Waals surface area contributed by atoms with Gasteiger partial charge < -0.3 is 14.6 Å². The molecule has 1 unspecified atom stereocenters. The first-order valence-electron chi connectivity index (χ1n) is 5.01. The van der Waals surface area contributed by atoms with Gasteiger partial charge in [0.2, 0.25) is 0 Å². The van der Waals surface area contributed by atoms with Gasteiger partial charge >= 0.3 is 5.97 Å². The van der Waals surface area contributed by atoms with Crippen molar-refractivity contribution in [2.45, 2.75) is 0 Å². The SMILES string of the molecule is COc1ccc(N=CC(C#N)C(=O)O)cc1OC. The maximum absolute atomic E-state index is 10.6. The third-order valence-corrected chi connectivity index (χ3v) is 2.14. The molecule has 0 bridgehead atoms. The van der Waals surface area contributed by atoms with Crippen LogP contribution < -0.4 is 9.47 Å². The van der Waals surface area contributed by atoms with Crippen LogP contribution in [0.3, 0.4) is 0 Å². The minimum Gasteiger partial charge on any atom is -0.493 e. The summed E-state index contributed by atoms with van der Waals surface area (Å²) in [5.41, 5.74) is 0.481. The molecule has 0 aliphatic carbocycles. The summed E-state index contributed by atoms with van der Waals surface area (Å²) in [5, 5.41) is 17.3. The number of carboxylic acid groups (broad SMARTS) is 1. The van der Waals surface area contributed by atoms with Crippen molar-refractivity contribution in [3.8, 4) is 17.6 Å². The third-order valence-electron chi connectivity index (χ3n) is 2.14. The van der Waals surface area contributed by atoms with Gasteiger partial charge in [0.05, 0.1) is 26.0 Å². The van der Waals surface area contributed by atoms with Gasteiger partial charge in [0.25, 0.3) is 0 Å². The van der Waals surface area contributed by atoms with Crippen molar-refractivity contribution in [3.63, 3.8) is 0 Å². The van der Waals surface area contributed by atoms with Crippen molar-refractivity contribution in [2.75, 3.05) is 14.2 Å². The fraction of sp³-hybridized carbons (Fsp3) is 0.250. The average molecular weight is 248 g/mol. The molecule has 18 heavy (non-hydrogen) atoms. The Morgan fingerprint density at radius 2 is 2.11 bits per heavy atom. The Morgan fingerprint density at radius 3 is 2.61 bits per heavy atom. The highest BCUT2D eigenvalue weighted by molar-refractivity contribution is 5.92. The zero-order valence-electron chi connectivity index (χ0n) is 9.95. The Balaban J connectivity index is 2.95. The third kappa shape index (κ3) is 3.22. The lowest BCUT2D eigenvalue weighted by Crippen LogP contribution is -2.12. The summed E-state index contributed by atoms with van der Waals surface area (Å²) < 4.78 is 10.1. The van der Waals surface area contributed by atoms with Crippen molar-refractivity contribution in [1.29, 1.82) is 5.26 Å². The van der Waals surface area contributed by atoms with Gasteiger partial charge in [0.15, 0.2) is 17.4 Å². The normalized spacial score (nSPS) is 11.8. The zero-order chi connectivity index (χ0) is 13.5. The minimum absolute atomic E-state index is 0.481. The van der Waals surface area contributed by atoms with E-state index in [1.54, 1.807) is 24.3 Å². The van der Waals surface area contributed by atoms with Crippen molar-refractivity contribution in [3.05, 3.63) is 18.2 Å². The summed E-state index contributed by atoms with van der Waals surface area (Å²) in [5.74, 6) is -1.47. The summed E-state index contributed by atoms with van der Waals surface area (Å²) in [6, 6.07) is 6.49. The van der Waals surface area contributed by atoms with Gasteiger partial charge in [-0.25, -0.2) is 0 Å². The van der Waals surface area contributed by atoms with E-state index in [0.29, 0.717) is 17.2 Å². The molecule has 6 heteroatoms. The van der Waals surface area contributed by atoms with E-state index in [4.69, 9.17) is 19.8 Å². The summed E-state index contributed by atoms with van der Waals surface area (Å²) >= 11 is 0. The minimum atomic E-state index is -1.27. The zero-order valence-corrected chi connectivity index (χ0v) is 9.95. The smallest absolute Gasteiger partial charge is 0.326 e. The van der Waals surface area contributed by atoms with E-state index in [0.717, 1.165) is 6.21 Å². The van der Waals surface area contributed by atoms with Gasteiger partial charge in [-0.1, -0.05) is 0 Å². The quantitative estimate of drug-likeness (QED) is 0.799. The number of carbonyl (C=O) groups is 1. The van der Waals surface area contributed by atoms with E-state index < -0.39 is 11.9 Å². The molecule has 1 rings (SSSR count). The number of nitriles is 1. The largest absolute Gasteiger partial charge is 0.493 e. The molecule has 1 atom stereocenters. The van der Waals surface area contributed by atoms with Gasteiger partial charge in [-0.3, -0.25) is 9.79 Å². The highest BCUT2D eigenvalue weighted by atomic mass is 16.5. The second kappa shape index (κ2) is 6.25. The molecule has 0 amide bonds. The number of ether oxygens (including phenoxy) is 2. The summed E-state index contributed by atoms with van der Waals surface area (Å²) in [7, 11) is 3.00. The maximum Gasteiger partial charge on any atom is 0.326 e. The van der Waals surface area contributed by atoms with E-state index in [9.17, 15) is 4.79 Å². The number of hydrogen-bond acceptors (Lipinski definition) is 5. The molecule has 0 saturated carbocycles. The molecular formula is C12H12N2O4. The van der Waals surface area contributed by atoms with Crippen LogP contribution in [0.1, 0.15) is 0 Å². The van der Waals surface area contributed by atoms with Crippen LogP contribution in [0.4, 0.5) is 5.69 Å². The number of carboxylic acids is 1. The van der Waals surface area contributed by atoms with E-state index in [-0.39, 0.29) is 0 Å². The van der Waals surface area contributed by atoms with Crippen molar-refractivity contribution >= 4 is 17.9 Å². The highest BCUT2D eigenvalue weighted by Crippen LogP contribution is 2.30. The average Bonchev–Trinajstić information content (AvgIpc) is 2.38. The topological polar surface area (TPSA) is 91.9 Å². The molecular weight excluding hydrogens is 236 g/mol. The predicted octanol–water partition coefficient (Wildman–Crippen LogP) is 1.63. The summed E-state index contributed by atoms with van der Waals surface area (Å²) in [6.45, 7) is 0. The van der Waals surface area contributed by atoms with E-state index in [2.05, 4.69) is 4.99 Å². The molecule has 0 aliphatic rings. The molecule has 6 nitrogen and oxygen atoms in total. The maximum atomic E-state index is 10.6. The molecule has 0 spiro atoms. The number of methoxy groups -OCH3 is 2. The fourth-order valence-electron chi connectivity index (χ4n) is 1.22. The van der Waals surface area contributed by atoms with E-state index in [1.807, 2.05) is 0 Å². The van der Waals surface area contributed by atoms with Crippen LogP contribution in [-0.2, 0) is 4.79 Å². The molecule has 0 radical (unpaired) electrons. The van der Waals surface area contributed by atoms with Crippen molar-refractivity contribution in [2.24, 2.45) is 10.9 Å². The lowest BCUT2D eigenvalue weighted by Gasteiger charge is -2.07. The number of aliphatic carboxylic acids is 1. The summed E-state index contributed by atoms with van der Waals surface area (Å²) in [4.78, 5) is 14.5. The molecule has 1 N–H and O–H groups in total. The van der Waals surface area contributed by atoms with Crippen LogP contribution >= 0.6 is 0 Å². The molecule has 0 aliphatic heterocycles. The van der Waals surface area contributed by atoms with Gasteiger partial charge in [-0.2, -0.15) is 5.26 Å². The predicted molar refractivity (Wildman–Crippen MR) is 64.4 cm³/mol. The van der Waals surface area contributed by atoms with Crippen LogP contribution in [0.15, 0.2) is 23.2 Å². The van der Waals surface area contributed by atoms with Gasteiger partial charge in [-0.15, -0.1) is 0 Å². The fourth-order valence-corrected chi connectivity index (χ4v) is 1.22. The second-order valence-corrected chi connectivity index (χ2v) is 3.26. The van der Waals surface area contributed by atoms with Crippen LogP contribution in [0.5, 0.6) is 11.5 Å². The van der Waals surface area contributed by atoms with Crippen LogP contribution in [0.2, 0.25) is 0 Å². The number of benzene rings is 1. The van der Waals surface area contributed by atoms with Crippen molar-refractivity contribution < 1.29 is 19.4 Å². The van der Waals surface area contributed by atoms with Crippen LogP contribution in [0, 0.1) is 17.2 Å². The molecule has 94 valence electrons. The number of nitrogens with zero attached hydrogens (tertiary/aromatic N) is 2. The Morgan fingerprint density at radius 1 is 1.44 bits per heavy atom. The molecule has 0 aromatic heterocycles. The Hall–Kier alpha value is -2.55.